The second-order valence-electron chi connectivity index (χ2n) is 4.54. The van der Waals surface area contributed by atoms with Crippen LogP contribution in [-0.4, -0.2) is 12.1 Å². The molecule has 0 heterocycles. The fourth-order valence-electron chi connectivity index (χ4n) is 2.31. The lowest BCUT2D eigenvalue weighted by molar-refractivity contribution is -0.275. The second kappa shape index (κ2) is 5.41. The van der Waals surface area contributed by atoms with Gasteiger partial charge in [0.2, 0.25) is 0 Å². The molecule has 1 saturated carbocycles. The normalized spacial score (nSPS) is 17.6. The smallest absolute Gasteiger partial charge is 0.405 e. The molecular weight excluding hydrogens is 281 g/mol. The number of ketones is 1. The van der Waals surface area contributed by atoms with Crippen LogP contribution in [-0.2, 0) is 4.79 Å². The van der Waals surface area contributed by atoms with Crippen LogP contribution in [0.25, 0.3) is 0 Å². The quantitative estimate of drug-likeness (QED) is 0.804. The van der Waals surface area contributed by atoms with E-state index in [0.717, 1.165) is 0 Å². The van der Waals surface area contributed by atoms with Crippen LogP contribution in [0.3, 0.4) is 0 Å². The van der Waals surface area contributed by atoms with E-state index < -0.39 is 6.36 Å². The zero-order valence-electron chi connectivity index (χ0n) is 9.97. The third kappa shape index (κ3) is 3.86. The molecule has 0 atom stereocenters. The van der Waals surface area contributed by atoms with Gasteiger partial charge < -0.3 is 4.74 Å². The molecule has 0 N–H and O–H groups in total. The van der Waals surface area contributed by atoms with Gasteiger partial charge in [-0.2, -0.15) is 0 Å². The number of carbonyl (C=O) groups is 1. The minimum Gasteiger partial charge on any atom is -0.405 e. The molecule has 1 aromatic rings. The number of carbonyl (C=O) groups excluding carboxylic acids is 1. The highest BCUT2D eigenvalue weighted by Gasteiger charge is 2.33. The Hall–Kier alpha value is -1.23. The molecule has 0 amide bonds. The van der Waals surface area contributed by atoms with E-state index in [-0.39, 0.29) is 17.5 Å². The molecule has 0 saturated heterocycles. The first-order valence-electron chi connectivity index (χ1n) is 5.92. The van der Waals surface area contributed by atoms with Crippen LogP contribution < -0.4 is 4.74 Å². The van der Waals surface area contributed by atoms with Gasteiger partial charge >= 0.3 is 6.36 Å². The summed E-state index contributed by atoms with van der Waals surface area (Å²) in [6, 6.07) is 4.07. The molecule has 0 bridgehead atoms. The molecule has 0 spiro atoms. The van der Waals surface area contributed by atoms with Gasteiger partial charge in [-0.25, -0.2) is 0 Å². The average molecular weight is 293 g/mol. The van der Waals surface area contributed by atoms with Crippen molar-refractivity contribution in [2.24, 2.45) is 0 Å². The maximum Gasteiger partial charge on any atom is 0.573 e. The van der Waals surface area contributed by atoms with E-state index in [2.05, 4.69) is 4.74 Å². The Labute approximate surface area is 113 Å². The molecule has 2 nitrogen and oxygen atoms in total. The Morgan fingerprint density at radius 1 is 1.21 bits per heavy atom. The van der Waals surface area contributed by atoms with Crippen molar-refractivity contribution < 1.29 is 22.7 Å². The molecule has 0 aliphatic heterocycles. The Balaban J connectivity index is 2.27. The minimum absolute atomic E-state index is 0.117. The van der Waals surface area contributed by atoms with Crippen molar-refractivity contribution in [3.05, 3.63) is 28.8 Å². The molecule has 2 rings (SSSR count). The van der Waals surface area contributed by atoms with Crippen molar-refractivity contribution in [1.82, 2.24) is 0 Å². The van der Waals surface area contributed by atoms with Crippen molar-refractivity contribution in [2.75, 3.05) is 0 Å². The van der Waals surface area contributed by atoms with E-state index in [1.54, 1.807) is 0 Å². The summed E-state index contributed by atoms with van der Waals surface area (Å²) in [4.78, 5) is 11.2. The molecule has 6 heteroatoms. The first-order chi connectivity index (χ1) is 8.85. The number of hydrogen-bond acceptors (Lipinski definition) is 2. The molecule has 104 valence electrons. The molecule has 0 aromatic heterocycles. The summed E-state index contributed by atoms with van der Waals surface area (Å²) in [5.74, 6) is -0.193. The highest BCUT2D eigenvalue weighted by molar-refractivity contribution is 6.30. The Kier molecular flexibility index (Phi) is 4.04. The lowest BCUT2D eigenvalue weighted by atomic mass is 9.83. The van der Waals surface area contributed by atoms with E-state index in [0.29, 0.717) is 36.3 Å². The largest absolute Gasteiger partial charge is 0.573 e. The van der Waals surface area contributed by atoms with E-state index >= 15 is 0 Å². The van der Waals surface area contributed by atoms with E-state index in [1.165, 1.54) is 18.2 Å². The van der Waals surface area contributed by atoms with E-state index in [9.17, 15) is 18.0 Å². The molecule has 1 aromatic carbocycles. The summed E-state index contributed by atoms with van der Waals surface area (Å²) < 4.78 is 41.0. The predicted molar refractivity (Wildman–Crippen MR) is 64.4 cm³/mol. The van der Waals surface area contributed by atoms with E-state index in [4.69, 9.17) is 11.6 Å². The Morgan fingerprint density at radius 2 is 1.84 bits per heavy atom. The number of benzene rings is 1. The van der Waals surface area contributed by atoms with Gasteiger partial charge in [0.05, 0.1) is 0 Å². The predicted octanol–water partition coefficient (Wildman–Crippen LogP) is 4.47. The van der Waals surface area contributed by atoms with Gasteiger partial charge in [0, 0.05) is 17.9 Å². The van der Waals surface area contributed by atoms with Gasteiger partial charge in [-0.05, 0) is 42.5 Å². The molecule has 1 aliphatic rings. The SMILES string of the molecule is O=C1CCC(c2cc(Cl)ccc2OC(F)(F)F)CC1. The number of ether oxygens (including phenoxy) is 1. The van der Waals surface area contributed by atoms with Gasteiger partial charge in [-0.3, -0.25) is 4.79 Å². The topological polar surface area (TPSA) is 26.3 Å². The summed E-state index contributed by atoms with van der Waals surface area (Å²) >= 11 is 5.83. The van der Waals surface area contributed by atoms with Crippen molar-refractivity contribution >= 4 is 17.4 Å². The van der Waals surface area contributed by atoms with Crippen molar-refractivity contribution in [3.63, 3.8) is 0 Å². The fraction of sp³-hybridized carbons (Fsp3) is 0.462. The summed E-state index contributed by atoms with van der Waals surface area (Å²) in [6.45, 7) is 0. The van der Waals surface area contributed by atoms with Crippen LogP contribution in [0.15, 0.2) is 18.2 Å². The van der Waals surface area contributed by atoms with Crippen LogP contribution in [0.2, 0.25) is 5.02 Å². The fourth-order valence-corrected chi connectivity index (χ4v) is 2.49. The van der Waals surface area contributed by atoms with Crippen LogP contribution in [0.1, 0.15) is 37.2 Å². The minimum atomic E-state index is -4.73. The van der Waals surface area contributed by atoms with Gasteiger partial charge in [-0.15, -0.1) is 13.2 Å². The lowest BCUT2D eigenvalue weighted by Gasteiger charge is -2.24. The Bertz CT molecular complexity index is 475. The zero-order chi connectivity index (χ0) is 14.0. The lowest BCUT2D eigenvalue weighted by Crippen LogP contribution is -2.20. The van der Waals surface area contributed by atoms with Crippen LogP contribution in [0, 0.1) is 0 Å². The summed E-state index contributed by atoms with van der Waals surface area (Å²) in [7, 11) is 0. The first kappa shape index (κ1) is 14.2. The van der Waals surface area contributed by atoms with Gasteiger partial charge in [0.15, 0.2) is 0 Å². The Morgan fingerprint density at radius 3 is 2.42 bits per heavy atom. The van der Waals surface area contributed by atoms with Crippen molar-refractivity contribution in [3.8, 4) is 5.75 Å². The number of hydrogen-bond donors (Lipinski definition) is 0. The average Bonchev–Trinajstić information content (AvgIpc) is 2.31. The van der Waals surface area contributed by atoms with Gasteiger partial charge in [0.1, 0.15) is 11.5 Å². The van der Waals surface area contributed by atoms with Crippen LogP contribution >= 0.6 is 11.6 Å². The number of Topliss-reactive ketones (excluding diaryl/α,β-unsaturated/α-hetero) is 1. The molecular formula is C13H12ClF3O2. The first-order valence-corrected chi connectivity index (χ1v) is 6.30. The monoisotopic (exact) mass is 292 g/mol. The molecule has 0 radical (unpaired) electrons. The molecule has 19 heavy (non-hydrogen) atoms. The van der Waals surface area contributed by atoms with Crippen molar-refractivity contribution in [2.45, 2.75) is 38.0 Å². The van der Waals surface area contributed by atoms with Gasteiger partial charge in [0.25, 0.3) is 0 Å². The second-order valence-corrected chi connectivity index (χ2v) is 4.98. The summed E-state index contributed by atoms with van der Waals surface area (Å²) in [5, 5.41) is 0.362. The van der Waals surface area contributed by atoms with Gasteiger partial charge in [-0.1, -0.05) is 11.6 Å². The number of alkyl halides is 3. The highest BCUT2D eigenvalue weighted by Crippen LogP contribution is 2.39. The summed E-state index contributed by atoms with van der Waals surface area (Å²) in [6.07, 6.45) is -2.88. The van der Waals surface area contributed by atoms with Crippen LogP contribution in [0.5, 0.6) is 5.75 Å². The third-order valence-electron chi connectivity index (χ3n) is 3.18. The maximum atomic E-state index is 12.3. The molecule has 1 fully saturated rings. The third-order valence-corrected chi connectivity index (χ3v) is 3.42. The standard InChI is InChI=1S/C13H12ClF3O2/c14-9-3-6-12(19-13(15,16)17)11(7-9)8-1-4-10(18)5-2-8/h3,6-8H,1-2,4-5H2. The maximum absolute atomic E-state index is 12.3. The summed E-state index contributed by atoms with van der Waals surface area (Å²) in [5.41, 5.74) is 0.428. The highest BCUT2D eigenvalue weighted by atomic mass is 35.5. The van der Waals surface area contributed by atoms with Crippen LogP contribution in [0.4, 0.5) is 13.2 Å². The number of rotatable bonds is 2. The molecule has 1 aliphatic carbocycles. The zero-order valence-corrected chi connectivity index (χ0v) is 10.7. The number of halogens is 4. The van der Waals surface area contributed by atoms with Crippen molar-refractivity contribution in [1.29, 1.82) is 0 Å². The molecule has 0 unspecified atom stereocenters. The van der Waals surface area contributed by atoms with E-state index in [1.807, 2.05) is 0 Å².